The molecule has 3 N–H and O–H groups in total. The van der Waals surface area contributed by atoms with Gasteiger partial charge in [-0.1, -0.05) is 31.2 Å². The predicted molar refractivity (Wildman–Crippen MR) is 127 cm³/mol. The third-order valence-corrected chi connectivity index (χ3v) is 6.69. The van der Waals surface area contributed by atoms with Gasteiger partial charge in [0.25, 0.3) is 0 Å². The maximum atomic E-state index is 11.7. The summed E-state index contributed by atoms with van der Waals surface area (Å²) in [5, 5.41) is 17.5. The average Bonchev–Trinajstić information content (AvgIpc) is 3.26. The summed E-state index contributed by atoms with van der Waals surface area (Å²) in [6.45, 7) is 1.87. The van der Waals surface area contributed by atoms with E-state index in [0.29, 0.717) is 32.1 Å². The van der Waals surface area contributed by atoms with Gasteiger partial charge >= 0.3 is 22.3 Å². The molecule has 10 nitrogen and oxygen atoms in total. The lowest BCUT2D eigenvalue weighted by Gasteiger charge is -2.14. The Morgan fingerprint density at radius 1 is 0.886 bits per heavy atom. The summed E-state index contributed by atoms with van der Waals surface area (Å²) < 4.78 is 33.0. The number of Topliss-reactive ketones (excluding diaryl/α,β-unsaturated/α-hetero) is 2. The molecule has 2 aliphatic carbocycles. The zero-order valence-electron chi connectivity index (χ0n) is 20.0. The molecular weight excluding hydrogens is 480 g/mol. The van der Waals surface area contributed by atoms with E-state index in [2.05, 4.69) is 4.18 Å². The Morgan fingerprint density at radius 3 is 1.74 bits per heavy atom. The van der Waals surface area contributed by atoms with Crippen LogP contribution < -0.4 is 0 Å². The monoisotopic (exact) mass is 516 g/mol. The van der Waals surface area contributed by atoms with Crippen molar-refractivity contribution in [1.82, 2.24) is 0 Å². The highest BCUT2D eigenvalue weighted by molar-refractivity contribution is 7.80. The van der Waals surface area contributed by atoms with Crippen molar-refractivity contribution in [2.75, 3.05) is 6.61 Å². The minimum atomic E-state index is -4.41. The molecule has 0 heterocycles. The van der Waals surface area contributed by atoms with Crippen molar-refractivity contribution in [2.24, 2.45) is 23.7 Å². The summed E-state index contributed by atoms with van der Waals surface area (Å²) in [6, 6.07) is 0. The van der Waals surface area contributed by atoms with E-state index >= 15 is 0 Å². The van der Waals surface area contributed by atoms with Gasteiger partial charge in [-0.2, -0.15) is 8.42 Å². The minimum absolute atomic E-state index is 0.00386. The Balaban J connectivity index is 0.000000365. The fourth-order valence-electron chi connectivity index (χ4n) is 4.53. The molecule has 0 spiro atoms. The van der Waals surface area contributed by atoms with E-state index in [0.717, 1.165) is 12.8 Å². The highest BCUT2D eigenvalue weighted by Gasteiger charge is 2.35. The molecule has 11 heteroatoms. The number of aliphatic carboxylic acids is 2. The first kappa shape index (κ1) is 30.7. The van der Waals surface area contributed by atoms with Crippen molar-refractivity contribution in [3.63, 3.8) is 0 Å². The number of carboxylic acid groups (broad SMARTS) is 2. The Hall–Kier alpha value is -2.37. The Morgan fingerprint density at radius 2 is 1.34 bits per heavy atom. The standard InChI is InChI=1S/C12H18O7S.C12H18O3/c13-11-6-5-9(8-12(14)15)10(11)4-2-1-3-7-19-20(16,17)18;1-2-3-4-5-10-9(8-12(14)15)6-7-11(10)13/h1-2,9-10H,3-8H2,(H,14,15)(H,16,17,18);3-4,9-10H,2,5-8H2,1H3,(H,14,15)/b2-1-;4-3-/t9-,10+;9-,10?/m11/s1. The van der Waals surface area contributed by atoms with E-state index in [1.54, 1.807) is 12.2 Å². The predicted octanol–water partition coefficient (Wildman–Crippen LogP) is 3.62. The van der Waals surface area contributed by atoms with Gasteiger partial charge in [0.2, 0.25) is 0 Å². The SMILES string of the molecule is CC/C=C\CC1C(=O)CC[C@@H]1CC(=O)O.O=C(O)C[C@H]1CCC(=O)[C@H]1C/C=C\CCOS(=O)(=O)O. The zero-order valence-corrected chi connectivity index (χ0v) is 20.8. The lowest BCUT2D eigenvalue weighted by atomic mass is 9.89. The van der Waals surface area contributed by atoms with Crippen LogP contribution in [0.15, 0.2) is 24.3 Å². The second-order valence-corrected chi connectivity index (χ2v) is 9.89. The third-order valence-electron chi connectivity index (χ3n) is 6.23. The lowest BCUT2D eigenvalue weighted by Crippen LogP contribution is -2.17. The fourth-order valence-corrected chi connectivity index (χ4v) is 4.84. The number of carbonyl (C=O) groups excluding carboxylic acids is 2. The van der Waals surface area contributed by atoms with Gasteiger partial charge in [-0.05, 0) is 50.4 Å². The molecule has 4 atom stereocenters. The van der Waals surface area contributed by atoms with Gasteiger partial charge in [-0.15, -0.1) is 0 Å². The summed E-state index contributed by atoms with van der Waals surface area (Å²) >= 11 is 0. The van der Waals surface area contributed by atoms with E-state index < -0.39 is 22.3 Å². The minimum Gasteiger partial charge on any atom is -0.481 e. The van der Waals surface area contributed by atoms with Gasteiger partial charge in [0.05, 0.1) is 6.61 Å². The van der Waals surface area contributed by atoms with Crippen LogP contribution in [0.2, 0.25) is 0 Å². The number of rotatable bonds is 13. The Labute approximate surface area is 206 Å². The molecule has 0 amide bonds. The molecule has 35 heavy (non-hydrogen) atoms. The van der Waals surface area contributed by atoms with Gasteiger partial charge < -0.3 is 10.2 Å². The van der Waals surface area contributed by atoms with E-state index in [1.165, 1.54) is 0 Å². The van der Waals surface area contributed by atoms with Crippen LogP contribution in [0, 0.1) is 23.7 Å². The van der Waals surface area contributed by atoms with Crippen molar-refractivity contribution in [2.45, 2.75) is 71.1 Å². The van der Waals surface area contributed by atoms with Crippen LogP contribution in [0.5, 0.6) is 0 Å². The van der Waals surface area contributed by atoms with Gasteiger partial charge in [0.1, 0.15) is 11.6 Å². The van der Waals surface area contributed by atoms with E-state index in [4.69, 9.17) is 14.8 Å². The first-order valence-electron chi connectivity index (χ1n) is 11.8. The summed E-state index contributed by atoms with van der Waals surface area (Å²) in [4.78, 5) is 44.5. The van der Waals surface area contributed by atoms with Crippen LogP contribution in [0.1, 0.15) is 71.1 Å². The number of allylic oxidation sites excluding steroid dienone is 3. The van der Waals surface area contributed by atoms with Gasteiger partial charge in [0.15, 0.2) is 0 Å². The third kappa shape index (κ3) is 12.8. The quantitative estimate of drug-likeness (QED) is 0.186. The normalized spacial score (nSPS) is 24.7. The fraction of sp³-hybridized carbons (Fsp3) is 0.667. The molecule has 2 rings (SSSR count). The second-order valence-electron chi connectivity index (χ2n) is 8.80. The summed E-state index contributed by atoms with van der Waals surface area (Å²) in [6.07, 6.45) is 12.3. The topological polar surface area (TPSA) is 172 Å². The number of carboxylic acids is 2. The molecule has 0 aliphatic heterocycles. The number of ketones is 2. The highest BCUT2D eigenvalue weighted by Crippen LogP contribution is 2.34. The molecule has 0 saturated heterocycles. The highest BCUT2D eigenvalue weighted by atomic mass is 32.3. The zero-order chi connectivity index (χ0) is 26.4. The average molecular weight is 517 g/mol. The van der Waals surface area contributed by atoms with Gasteiger partial charge in [-0.25, -0.2) is 4.18 Å². The van der Waals surface area contributed by atoms with Crippen molar-refractivity contribution in [3.8, 4) is 0 Å². The van der Waals surface area contributed by atoms with Crippen molar-refractivity contribution >= 4 is 33.9 Å². The molecule has 0 aromatic rings. The van der Waals surface area contributed by atoms with Crippen LogP contribution in [-0.4, -0.2) is 53.3 Å². The van der Waals surface area contributed by atoms with Crippen LogP contribution in [0.25, 0.3) is 0 Å². The lowest BCUT2D eigenvalue weighted by molar-refractivity contribution is -0.139. The largest absolute Gasteiger partial charge is 0.481 e. The summed E-state index contributed by atoms with van der Waals surface area (Å²) in [7, 11) is -4.41. The van der Waals surface area contributed by atoms with Crippen LogP contribution in [0.4, 0.5) is 0 Å². The van der Waals surface area contributed by atoms with E-state index in [9.17, 15) is 27.6 Å². The Kier molecular flexibility index (Phi) is 13.7. The molecular formula is C24H36O10S. The molecule has 0 radical (unpaired) electrons. The summed E-state index contributed by atoms with van der Waals surface area (Å²) in [5.41, 5.74) is 0. The molecule has 0 aromatic heterocycles. The van der Waals surface area contributed by atoms with Gasteiger partial charge in [-0.3, -0.25) is 23.7 Å². The molecule has 2 saturated carbocycles. The molecule has 0 bridgehead atoms. The van der Waals surface area contributed by atoms with Crippen molar-refractivity contribution < 1.29 is 46.5 Å². The number of hydrogen-bond acceptors (Lipinski definition) is 7. The smallest absolute Gasteiger partial charge is 0.397 e. The molecule has 0 aromatic carbocycles. The molecule has 1 unspecified atom stereocenters. The first-order chi connectivity index (χ1) is 16.4. The molecule has 2 aliphatic rings. The van der Waals surface area contributed by atoms with Gasteiger partial charge in [0, 0.05) is 37.5 Å². The van der Waals surface area contributed by atoms with Crippen molar-refractivity contribution in [1.29, 1.82) is 0 Å². The second kappa shape index (κ2) is 15.6. The maximum Gasteiger partial charge on any atom is 0.397 e. The van der Waals surface area contributed by atoms with Crippen LogP contribution in [0.3, 0.4) is 0 Å². The number of carbonyl (C=O) groups is 4. The number of hydrogen-bond donors (Lipinski definition) is 3. The van der Waals surface area contributed by atoms with Crippen molar-refractivity contribution in [3.05, 3.63) is 24.3 Å². The molecule has 2 fully saturated rings. The van der Waals surface area contributed by atoms with E-state index in [1.807, 2.05) is 19.1 Å². The first-order valence-corrected chi connectivity index (χ1v) is 13.2. The molecule has 198 valence electrons. The van der Waals surface area contributed by atoms with E-state index in [-0.39, 0.29) is 61.1 Å². The Bertz CT molecular complexity index is 890. The van der Waals surface area contributed by atoms with Crippen LogP contribution >= 0.6 is 0 Å². The summed E-state index contributed by atoms with van der Waals surface area (Å²) in [5.74, 6) is -1.78. The maximum absolute atomic E-state index is 11.7. The van der Waals surface area contributed by atoms with Crippen LogP contribution in [-0.2, 0) is 33.8 Å².